The molecule has 0 radical (unpaired) electrons. The Hall–Kier alpha value is -4.73. The third-order valence-corrected chi connectivity index (χ3v) is 5.73. The summed E-state index contributed by atoms with van der Waals surface area (Å²) in [7, 11) is 1.51. The molecule has 38 heavy (non-hydrogen) atoms. The summed E-state index contributed by atoms with van der Waals surface area (Å²) in [4.78, 5) is 24.4. The Labute approximate surface area is 218 Å². The molecule has 0 saturated carbocycles. The number of pyridine rings is 2. The second-order valence-electron chi connectivity index (χ2n) is 9.78. The Kier molecular flexibility index (Phi) is 6.54. The van der Waals surface area contributed by atoms with Crippen molar-refractivity contribution < 1.29 is 18.7 Å². The molecule has 10 heteroatoms. The number of amides is 1. The number of H-pyrrole nitrogens is 1. The minimum Gasteiger partial charge on any atom is -0.493 e. The van der Waals surface area contributed by atoms with Crippen molar-refractivity contribution in [3.8, 4) is 28.0 Å². The lowest BCUT2D eigenvalue weighted by Crippen LogP contribution is -2.27. The van der Waals surface area contributed by atoms with Gasteiger partial charge in [-0.1, -0.05) is 12.1 Å². The number of aromatic nitrogens is 5. The quantitative estimate of drug-likeness (QED) is 0.286. The molecule has 5 rings (SSSR count). The number of hydrogen-bond acceptors (Lipinski definition) is 6. The Morgan fingerprint density at radius 2 is 1.87 bits per heavy atom. The number of benzene rings is 1. The third-order valence-electron chi connectivity index (χ3n) is 5.73. The van der Waals surface area contributed by atoms with Crippen LogP contribution in [0, 0.1) is 5.82 Å². The number of halogens is 1. The van der Waals surface area contributed by atoms with E-state index < -0.39 is 11.7 Å². The van der Waals surface area contributed by atoms with E-state index in [1.807, 2.05) is 24.5 Å². The van der Waals surface area contributed by atoms with E-state index in [-0.39, 0.29) is 11.6 Å². The molecular formula is C28H27FN6O3. The highest BCUT2D eigenvalue weighted by atomic mass is 19.1. The molecule has 9 nitrogen and oxygen atoms in total. The summed E-state index contributed by atoms with van der Waals surface area (Å²) in [6, 6.07) is 10.3. The molecule has 2 N–H and O–H groups in total. The normalized spacial score (nSPS) is 11.5. The molecule has 5 aromatic rings. The van der Waals surface area contributed by atoms with Gasteiger partial charge in [0.15, 0.2) is 11.6 Å². The van der Waals surface area contributed by atoms with Crippen molar-refractivity contribution >= 4 is 22.9 Å². The molecule has 1 amide bonds. The van der Waals surface area contributed by atoms with Crippen molar-refractivity contribution in [2.75, 3.05) is 12.4 Å². The summed E-state index contributed by atoms with van der Waals surface area (Å²) in [5, 5.41) is 7.98. The van der Waals surface area contributed by atoms with E-state index in [9.17, 15) is 9.18 Å². The van der Waals surface area contributed by atoms with Crippen LogP contribution in [-0.4, -0.2) is 43.5 Å². The first-order valence-electron chi connectivity index (χ1n) is 12.0. The third kappa shape index (κ3) is 5.49. The first kappa shape index (κ1) is 24.9. The lowest BCUT2D eigenvalue weighted by Gasteiger charge is -2.20. The van der Waals surface area contributed by atoms with E-state index >= 15 is 0 Å². The predicted molar refractivity (Wildman–Crippen MR) is 142 cm³/mol. The number of hydrogen-bond donors (Lipinski definition) is 2. The molecule has 0 spiro atoms. The molecule has 0 atom stereocenters. The van der Waals surface area contributed by atoms with Crippen LogP contribution >= 0.6 is 0 Å². The number of carbonyl (C=O) groups excluding carboxylic acids is 1. The van der Waals surface area contributed by atoms with Crippen LogP contribution in [0.25, 0.3) is 33.3 Å². The maximum Gasteiger partial charge on any atom is 0.413 e. The van der Waals surface area contributed by atoms with Crippen molar-refractivity contribution in [2.45, 2.75) is 32.9 Å². The van der Waals surface area contributed by atoms with E-state index in [1.54, 1.807) is 56.2 Å². The fraction of sp³-hybridized carbons (Fsp3) is 0.214. The van der Waals surface area contributed by atoms with Crippen molar-refractivity contribution in [3.05, 3.63) is 78.8 Å². The SMILES string of the molecule is COc1cc(-c2cnc3[nH]cc(-c4cnn(Cc5cccc(F)c5)c4)c3c2)cnc1NC(=O)OC(C)(C)C. The number of aromatic amines is 1. The first-order valence-corrected chi connectivity index (χ1v) is 12.0. The summed E-state index contributed by atoms with van der Waals surface area (Å²) in [6.07, 6.45) is 8.35. The molecule has 0 bridgehead atoms. The maximum atomic E-state index is 13.6. The largest absolute Gasteiger partial charge is 0.493 e. The van der Waals surface area contributed by atoms with Gasteiger partial charge in [-0.3, -0.25) is 10.00 Å². The number of anilines is 1. The van der Waals surface area contributed by atoms with Gasteiger partial charge in [-0.05, 0) is 50.6 Å². The summed E-state index contributed by atoms with van der Waals surface area (Å²) in [5.41, 5.74) is 4.34. The zero-order valence-corrected chi connectivity index (χ0v) is 21.4. The van der Waals surface area contributed by atoms with Gasteiger partial charge < -0.3 is 14.5 Å². The fourth-order valence-electron chi connectivity index (χ4n) is 4.06. The molecule has 0 fully saturated rings. The number of nitrogens with one attached hydrogen (secondary N) is 2. The number of methoxy groups -OCH3 is 1. The highest BCUT2D eigenvalue weighted by Gasteiger charge is 2.19. The Morgan fingerprint density at radius 3 is 2.63 bits per heavy atom. The van der Waals surface area contributed by atoms with Crippen molar-refractivity contribution in [1.82, 2.24) is 24.7 Å². The van der Waals surface area contributed by atoms with Crippen LogP contribution in [-0.2, 0) is 11.3 Å². The van der Waals surface area contributed by atoms with Gasteiger partial charge in [0, 0.05) is 52.4 Å². The second-order valence-corrected chi connectivity index (χ2v) is 9.78. The Balaban J connectivity index is 1.41. The van der Waals surface area contributed by atoms with Gasteiger partial charge in [-0.15, -0.1) is 0 Å². The number of rotatable bonds is 6. The van der Waals surface area contributed by atoms with E-state index in [0.29, 0.717) is 12.3 Å². The standard InChI is InChI=1S/C28H27FN6O3/c1-28(2,3)38-27(36)34-26-24(37-4)10-19(12-31-26)18-9-22-23(14-32-25(22)30-11-18)20-13-33-35(16-20)15-17-6-5-7-21(29)8-17/h5-14,16H,15H2,1-4H3,(H,30,32)(H,31,34,36). The van der Waals surface area contributed by atoms with Crippen molar-refractivity contribution in [3.63, 3.8) is 0 Å². The molecular weight excluding hydrogens is 487 g/mol. The molecule has 0 unspecified atom stereocenters. The predicted octanol–water partition coefficient (Wildman–Crippen LogP) is 6.03. The van der Waals surface area contributed by atoms with Crippen molar-refractivity contribution in [2.24, 2.45) is 0 Å². The van der Waals surface area contributed by atoms with E-state index in [1.165, 1.54) is 19.2 Å². The van der Waals surface area contributed by atoms with E-state index in [2.05, 4.69) is 25.4 Å². The number of ether oxygens (including phenoxy) is 2. The number of fused-ring (bicyclic) bond motifs is 1. The molecule has 1 aromatic carbocycles. The highest BCUT2D eigenvalue weighted by molar-refractivity contribution is 5.95. The van der Waals surface area contributed by atoms with Gasteiger partial charge >= 0.3 is 6.09 Å². The van der Waals surface area contributed by atoms with Gasteiger partial charge in [0.25, 0.3) is 0 Å². The fourth-order valence-corrected chi connectivity index (χ4v) is 4.06. The number of nitrogens with zero attached hydrogens (tertiary/aromatic N) is 4. The Morgan fingerprint density at radius 1 is 1.08 bits per heavy atom. The van der Waals surface area contributed by atoms with E-state index in [4.69, 9.17) is 9.47 Å². The summed E-state index contributed by atoms with van der Waals surface area (Å²) >= 11 is 0. The average molecular weight is 515 g/mol. The topological polar surface area (TPSA) is 107 Å². The summed E-state index contributed by atoms with van der Waals surface area (Å²) in [6.45, 7) is 5.81. The summed E-state index contributed by atoms with van der Waals surface area (Å²) < 4.78 is 26.1. The lowest BCUT2D eigenvalue weighted by molar-refractivity contribution is 0.0634. The van der Waals surface area contributed by atoms with Gasteiger partial charge in [-0.2, -0.15) is 5.10 Å². The zero-order chi connectivity index (χ0) is 26.9. The minimum atomic E-state index is -0.636. The molecule has 0 aliphatic rings. The van der Waals surface area contributed by atoms with Gasteiger partial charge in [0.1, 0.15) is 17.1 Å². The van der Waals surface area contributed by atoms with Gasteiger partial charge in [0.2, 0.25) is 0 Å². The molecule has 0 aliphatic carbocycles. The maximum absolute atomic E-state index is 13.6. The molecule has 194 valence electrons. The second kappa shape index (κ2) is 9.97. The minimum absolute atomic E-state index is 0.257. The first-order chi connectivity index (χ1) is 18.2. The highest BCUT2D eigenvalue weighted by Crippen LogP contribution is 2.33. The van der Waals surface area contributed by atoms with Crippen LogP contribution in [0.2, 0.25) is 0 Å². The molecule has 0 aliphatic heterocycles. The van der Waals surface area contributed by atoms with Crippen LogP contribution in [0.5, 0.6) is 5.75 Å². The monoisotopic (exact) mass is 514 g/mol. The van der Waals surface area contributed by atoms with Crippen LogP contribution in [0.4, 0.5) is 15.0 Å². The summed E-state index contributed by atoms with van der Waals surface area (Å²) in [5.74, 6) is 0.374. The van der Waals surface area contributed by atoms with Crippen LogP contribution < -0.4 is 10.1 Å². The van der Waals surface area contributed by atoms with Crippen molar-refractivity contribution in [1.29, 1.82) is 0 Å². The lowest BCUT2D eigenvalue weighted by atomic mass is 10.1. The molecule has 4 aromatic heterocycles. The number of carbonyl (C=O) groups is 1. The molecule has 0 saturated heterocycles. The van der Waals surface area contributed by atoms with E-state index in [0.717, 1.165) is 38.9 Å². The van der Waals surface area contributed by atoms with Crippen LogP contribution in [0.1, 0.15) is 26.3 Å². The molecule has 4 heterocycles. The average Bonchev–Trinajstić information content (AvgIpc) is 3.49. The zero-order valence-electron chi connectivity index (χ0n) is 21.4. The van der Waals surface area contributed by atoms with Gasteiger partial charge in [0.05, 0.1) is 19.9 Å². The van der Waals surface area contributed by atoms with Gasteiger partial charge in [-0.25, -0.2) is 19.2 Å². The van der Waals surface area contributed by atoms with Crippen LogP contribution in [0.3, 0.4) is 0 Å². The van der Waals surface area contributed by atoms with Crippen LogP contribution in [0.15, 0.2) is 67.4 Å². The Bertz CT molecular complexity index is 1620. The smallest absolute Gasteiger partial charge is 0.413 e.